The van der Waals surface area contributed by atoms with E-state index in [1.165, 1.54) is 17.7 Å². The number of anilines is 2. The summed E-state index contributed by atoms with van der Waals surface area (Å²) in [6.07, 6.45) is 8.30. The van der Waals surface area contributed by atoms with Gasteiger partial charge in [0, 0.05) is 42.9 Å². The summed E-state index contributed by atoms with van der Waals surface area (Å²) in [5.41, 5.74) is 4.62. The average Bonchev–Trinajstić information content (AvgIpc) is 3.28. The van der Waals surface area contributed by atoms with Crippen LogP contribution in [0, 0.1) is 0 Å². The Kier molecular flexibility index (Phi) is 4.41. The van der Waals surface area contributed by atoms with Crippen LogP contribution in [-0.4, -0.2) is 50.7 Å². The molecule has 1 fully saturated rings. The molecule has 1 aliphatic carbocycles. The largest absolute Gasteiger partial charge is 0.354 e. The van der Waals surface area contributed by atoms with Crippen molar-refractivity contribution in [2.75, 3.05) is 36.0 Å². The van der Waals surface area contributed by atoms with E-state index in [4.69, 9.17) is 10.1 Å². The fourth-order valence-corrected chi connectivity index (χ4v) is 4.38. The Morgan fingerprint density at radius 1 is 0.897 bits per heavy atom. The maximum absolute atomic E-state index is 4.87. The second-order valence-corrected chi connectivity index (χ2v) is 9.17. The molecular formula is C22H29N7. The van der Waals surface area contributed by atoms with Crippen molar-refractivity contribution >= 4 is 17.3 Å². The van der Waals surface area contributed by atoms with Crippen LogP contribution in [0.15, 0.2) is 24.7 Å². The number of rotatable bonds is 2. The molecule has 0 unspecified atom stereocenters. The van der Waals surface area contributed by atoms with Crippen molar-refractivity contribution in [3.05, 3.63) is 41.6 Å². The molecule has 1 aliphatic heterocycles. The smallest absolute Gasteiger partial charge is 0.153 e. The number of nitrogens with zero attached hydrogens (tertiary/aromatic N) is 7. The summed E-state index contributed by atoms with van der Waals surface area (Å²) < 4.78 is 1.93. The molecule has 0 bridgehead atoms. The van der Waals surface area contributed by atoms with E-state index in [0.29, 0.717) is 0 Å². The number of aryl methyl sites for hydroxylation is 1. The highest BCUT2D eigenvalue weighted by molar-refractivity contribution is 5.52. The van der Waals surface area contributed by atoms with E-state index < -0.39 is 0 Å². The highest BCUT2D eigenvalue weighted by atomic mass is 15.3. The van der Waals surface area contributed by atoms with E-state index >= 15 is 0 Å². The van der Waals surface area contributed by atoms with Gasteiger partial charge in [-0.15, -0.1) is 5.10 Å². The molecule has 2 aliphatic rings. The van der Waals surface area contributed by atoms with Crippen LogP contribution >= 0.6 is 0 Å². The summed E-state index contributed by atoms with van der Waals surface area (Å²) in [6.45, 7) is 10.5. The fourth-order valence-electron chi connectivity index (χ4n) is 4.38. The summed E-state index contributed by atoms with van der Waals surface area (Å²) in [7, 11) is 0. The van der Waals surface area contributed by atoms with Gasteiger partial charge in [0.1, 0.15) is 18.0 Å². The Hall–Kier alpha value is -2.70. The monoisotopic (exact) mass is 391 g/mol. The highest BCUT2D eigenvalue weighted by Crippen LogP contribution is 2.29. The minimum atomic E-state index is 0.0226. The van der Waals surface area contributed by atoms with Crippen LogP contribution in [0.5, 0.6) is 0 Å². The van der Waals surface area contributed by atoms with Crippen molar-refractivity contribution in [3.8, 4) is 0 Å². The van der Waals surface area contributed by atoms with Crippen molar-refractivity contribution in [2.24, 2.45) is 0 Å². The molecule has 0 aromatic carbocycles. The van der Waals surface area contributed by atoms with Crippen LogP contribution in [-0.2, 0) is 18.3 Å². The Labute approximate surface area is 171 Å². The van der Waals surface area contributed by atoms with Gasteiger partial charge in [0.05, 0.1) is 11.9 Å². The predicted octanol–water partition coefficient (Wildman–Crippen LogP) is 3.02. The van der Waals surface area contributed by atoms with Crippen molar-refractivity contribution in [1.82, 2.24) is 24.6 Å². The molecule has 0 radical (unpaired) electrons. The van der Waals surface area contributed by atoms with Crippen LogP contribution in [0.25, 0.3) is 5.65 Å². The number of imidazole rings is 1. The Bertz CT molecular complexity index is 1030. The van der Waals surface area contributed by atoms with E-state index in [9.17, 15) is 0 Å². The third kappa shape index (κ3) is 3.43. The molecule has 7 nitrogen and oxygen atoms in total. The molecule has 0 atom stereocenters. The molecule has 0 amide bonds. The van der Waals surface area contributed by atoms with Crippen LogP contribution in [0.4, 0.5) is 11.6 Å². The second kappa shape index (κ2) is 6.97. The quantitative estimate of drug-likeness (QED) is 0.669. The highest BCUT2D eigenvalue weighted by Gasteiger charge is 2.24. The van der Waals surface area contributed by atoms with Gasteiger partial charge in [-0.05, 0) is 37.8 Å². The lowest BCUT2D eigenvalue weighted by Crippen LogP contribution is -2.32. The van der Waals surface area contributed by atoms with Gasteiger partial charge in [0.15, 0.2) is 5.65 Å². The molecule has 0 N–H and O–H groups in total. The molecular weight excluding hydrogens is 362 g/mol. The topological polar surface area (TPSA) is 62.5 Å². The van der Waals surface area contributed by atoms with Crippen molar-refractivity contribution in [3.63, 3.8) is 0 Å². The van der Waals surface area contributed by atoms with Gasteiger partial charge in [-0.3, -0.25) is 0 Å². The maximum Gasteiger partial charge on any atom is 0.153 e. The molecule has 0 spiro atoms. The van der Waals surface area contributed by atoms with Crippen LogP contribution < -0.4 is 9.80 Å². The fraction of sp³-hybridized carbons (Fsp3) is 0.545. The van der Waals surface area contributed by atoms with Gasteiger partial charge in [-0.1, -0.05) is 20.8 Å². The van der Waals surface area contributed by atoms with Crippen molar-refractivity contribution in [2.45, 2.75) is 51.9 Å². The molecule has 0 saturated carbocycles. The number of hydrogen-bond donors (Lipinski definition) is 0. The summed E-state index contributed by atoms with van der Waals surface area (Å²) in [6, 6.07) is 4.18. The molecule has 7 heteroatoms. The summed E-state index contributed by atoms with van der Waals surface area (Å²) in [5, 5.41) is 4.87. The molecule has 1 saturated heterocycles. The summed E-state index contributed by atoms with van der Waals surface area (Å²) in [5.74, 6) is 2.17. The lowest BCUT2D eigenvalue weighted by molar-refractivity contribution is 0.572. The van der Waals surface area contributed by atoms with Gasteiger partial charge in [-0.2, -0.15) is 0 Å². The van der Waals surface area contributed by atoms with Crippen LogP contribution in [0.1, 0.15) is 50.6 Å². The van der Waals surface area contributed by atoms with Crippen LogP contribution in [0.3, 0.4) is 0 Å². The first-order valence-electron chi connectivity index (χ1n) is 10.7. The maximum atomic E-state index is 4.87. The van der Waals surface area contributed by atoms with Gasteiger partial charge < -0.3 is 9.80 Å². The predicted molar refractivity (Wildman–Crippen MR) is 115 cm³/mol. The molecule has 4 heterocycles. The Morgan fingerprint density at radius 3 is 2.59 bits per heavy atom. The van der Waals surface area contributed by atoms with E-state index in [-0.39, 0.29) is 5.41 Å². The van der Waals surface area contributed by atoms with E-state index in [1.807, 2.05) is 4.52 Å². The summed E-state index contributed by atoms with van der Waals surface area (Å²) >= 11 is 0. The number of hydrogen-bond acceptors (Lipinski definition) is 6. The zero-order valence-electron chi connectivity index (χ0n) is 17.6. The lowest BCUT2D eigenvalue weighted by Gasteiger charge is -2.24. The van der Waals surface area contributed by atoms with Gasteiger partial charge in [0.2, 0.25) is 0 Å². The first kappa shape index (κ1) is 18.3. The standard InChI is InChI=1S/C22H29N7/c1-22(2,3)18-14-29-19(25-18)8-9-20(26-29)27-10-5-11-28(13-12-27)21-16-6-4-7-17(16)23-15-24-21/h8-9,14-15H,4-7,10-13H2,1-3H3. The van der Waals surface area contributed by atoms with Gasteiger partial charge in [-0.25, -0.2) is 19.5 Å². The minimum Gasteiger partial charge on any atom is -0.354 e. The third-order valence-electron chi connectivity index (χ3n) is 6.05. The van der Waals surface area contributed by atoms with E-state index in [1.54, 1.807) is 6.33 Å². The van der Waals surface area contributed by atoms with Gasteiger partial charge in [0.25, 0.3) is 0 Å². The summed E-state index contributed by atoms with van der Waals surface area (Å²) in [4.78, 5) is 18.7. The first-order chi connectivity index (χ1) is 14.0. The molecule has 5 rings (SSSR count). The SMILES string of the molecule is CC(C)(C)c1cn2nc(N3CCCN(c4ncnc5c4CCC5)CC3)ccc2n1. The zero-order valence-corrected chi connectivity index (χ0v) is 17.6. The van der Waals surface area contributed by atoms with E-state index in [0.717, 1.165) is 68.4 Å². The van der Waals surface area contributed by atoms with Gasteiger partial charge >= 0.3 is 0 Å². The zero-order chi connectivity index (χ0) is 20.0. The molecule has 3 aromatic heterocycles. The second-order valence-electron chi connectivity index (χ2n) is 9.17. The lowest BCUT2D eigenvalue weighted by atomic mass is 9.93. The Morgan fingerprint density at radius 2 is 1.72 bits per heavy atom. The number of aromatic nitrogens is 5. The molecule has 152 valence electrons. The van der Waals surface area contributed by atoms with Crippen LogP contribution in [0.2, 0.25) is 0 Å². The first-order valence-corrected chi connectivity index (χ1v) is 10.7. The normalized spacial score (nSPS) is 17.6. The van der Waals surface area contributed by atoms with Crippen molar-refractivity contribution in [1.29, 1.82) is 0 Å². The molecule has 3 aromatic rings. The third-order valence-corrected chi connectivity index (χ3v) is 6.05. The molecule has 29 heavy (non-hydrogen) atoms. The number of fused-ring (bicyclic) bond motifs is 2. The minimum absolute atomic E-state index is 0.0226. The Balaban J connectivity index is 1.36. The van der Waals surface area contributed by atoms with Crippen molar-refractivity contribution < 1.29 is 0 Å². The average molecular weight is 392 g/mol. The van der Waals surface area contributed by atoms with E-state index in [2.05, 4.69) is 58.9 Å².